The molecule has 154 valence electrons. The van der Waals surface area contributed by atoms with Gasteiger partial charge in [0.1, 0.15) is 10.6 Å². The predicted molar refractivity (Wildman–Crippen MR) is 105 cm³/mol. The molecule has 0 aliphatic carbocycles. The number of hydrogen-bond donors (Lipinski definition) is 1. The lowest BCUT2D eigenvalue weighted by Gasteiger charge is -2.19. The fourth-order valence-corrected chi connectivity index (χ4v) is 4.86. The van der Waals surface area contributed by atoms with Crippen molar-refractivity contribution in [1.82, 2.24) is 4.31 Å². The Labute approximate surface area is 169 Å². The van der Waals surface area contributed by atoms with E-state index in [2.05, 4.69) is 0 Å². The standard InChI is InChI=1S/C20H22N2O6S/c1-27-16-10-9-15(13-17(16)29(25,26)22-11-5-6-12-22)20(24)28-18(19(21)23)14-7-3-2-4-8-14/h2-4,7-10,13,18H,5-6,11-12H2,1H3,(H2,21,23). The third-order valence-corrected chi connectivity index (χ3v) is 6.59. The van der Waals surface area contributed by atoms with Crippen molar-refractivity contribution in [3.8, 4) is 5.75 Å². The number of ether oxygens (including phenoxy) is 2. The SMILES string of the molecule is COc1ccc(C(=O)OC(C(N)=O)c2ccccc2)cc1S(=O)(=O)N1CCCC1. The van der Waals surface area contributed by atoms with Crippen LogP contribution in [0.3, 0.4) is 0 Å². The Morgan fingerprint density at radius 3 is 2.31 bits per heavy atom. The molecule has 1 atom stereocenters. The topological polar surface area (TPSA) is 116 Å². The first kappa shape index (κ1) is 20.8. The lowest BCUT2D eigenvalue weighted by molar-refractivity contribution is -0.127. The summed E-state index contributed by atoms with van der Waals surface area (Å²) in [5.74, 6) is -1.57. The fourth-order valence-electron chi connectivity index (χ4n) is 3.17. The largest absolute Gasteiger partial charge is 0.495 e. The van der Waals surface area contributed by atoms with Crippen molar-refractivity contribution in [3.05, 3.63) is 59.7 Å². The molecule has 1 heterocycles. The first-order chi connectivity index (χ1) is 13.8. The molecular formula is C20H22N2O6S. The van der Waals surface area contributed by atoms with E-state index < -0.39 is 28.0 Å². The third kappa shape index (κ3) is 4.41. The van der Waals surface area contributed by atoms with Gasteiger partial charge in [-0.25, -0.2) is 13.2 Å². The minimum atomic E-state index is -3.83. The molecule has 9 heteroatoms. The Morgan fingerprint density at radius 2 is 1.72 bits per heavy atom. The van der Waals surface area contributed by atoms with Gasteiger partial charge in [0.05, 0.1) is 12.7 Å². The molecule has 0 radical (unpaired) electrons. The maximum absolute atomic E-state index is 13.0. The fraction of sp³-hybridized carbons (Fsp3) is 0.300. The minimum Gasteiger partial charge on any atom is -0.495 e. The van der Waals surface area contributed by atoms with Gasteiger partial charge in [-0.3, -0.25) is 4.79 Å². The monoisotopic (exact) mass is 418 g/mol. The smallest absolute Gasteiger partial charge is 0.339 e. The summed E-state index contributed by atoms with van der Waals surface area (Å²) in [6.07, 6.45) is 0.269. The zero-order valence-electron chi connectivity index (χ0n) is 15.9. The zero-order valence-corrected chi connectivity index (χ0v) is 16.7. The van der Waals surface area contributed by atoms with Gasteiger partial charge in [0.2, 0.25) is 16.1 Å². The van der Waals surface area contributed by atoms with Crippen LogP contribution in [0.5, 0.6) is 5.75 Å². The molecule has 1 aliphatic heterocycles. The summed E-state index contributed by atoms with van der Waals surface area (Å²) < 4.78 is 37.7. The third-order valence-electron chi connectivity index (χ3n) is 4.67. The number of carbonyl (C=O) groups excluding carboxylic acids is 2. The van der Waals surface area contributed by atoms with Crippen LogP contribution in [0.15, 0.2) is 53.4 Å². The van der Waals surface area contributed by atoms with Gasteiger partial charge in [0, 0.05) is 18.7 Å². The second-order valence-electron chi connectivity index (χ2n) is 6.58. The van der Waals surface area contributed by atoms with Crippen LogP contribution >= 0.6 is 0 Å². The molecule has 1 aliphatic rings. The number of hydrogen-bond acceptors (Lipinski definition) is 6. The molecule has 0 spiro atoms. The Morgan fingerprint density at radius 1 is 1.07 bits per heavy atom. The van der Waals surface area contributed by atoms with E-state index in [0.717, 1.165) is 12.8 Å². The van der Waals surface area contributed by atoms with Crippen LogP contribution < -0.4 is 10.5 Å². The van der Waals surface area contributed by atoms with Crippen LogP contribution in [0.1, 0.15) is 34.9 Å². The highest BCUT2D eigenvalue weighted by Crippen LogP contribution is 2.30. The first-order valence-electron chi connectivity index (χ1n) is 9.08. The van der Waals surface area contributed by atoms with Crippen molar-refractivity contribution in [3.63, 3.8) is 0 Å². The van der Waals surface area contributed by atoms with Gasteiger partial charge in [0.15, 0.2) is 0 Å². The molecule has 2 aromatic rings. The summed E-state index contributed by atoms with van der Waals surface area (Å²) in [7, 11) is -2.47. The van der Waals surface area contributed by atoms with Crippen LogP contribution in [-0.2, 0) is 19.6 Å². The second kappa shape index (κ2) is 8.62. The Balaban J connectivity index is 1.92. The molecule has 2 N–H and O–H groups in total. The van der Waals surface area contributed by atoms with Crippen molar-refractivity contribution in [2.45, 2.75) is 23.8 Å². The van der Waals surface area contributed by atoms with Crippen LogP contribution in [0.2, 0.25) is 0 Å². The highest BCUT2D eigenvalue weighted by molar-refractivity contribution is 7.89. The average Bonchev–Trinajstić information content (AvgIpc) is 3.27. The van der Waals surface area contributed by atoms with Gasteiger partial charge in [-0.1, -0.05) is 30.3 Å². The number of sulfonamides is 1. The highest BCUT2D eigenvalue weighted by atomic mass is 32.2. The molecule has 1 saturated heterocycles. The van der Waals surface area contributed by atoms with Gasteiger partial charge >= 0.3 is 5.97 Å². The summed E-state index contributed by atoms with van der Waals surface area (Å²) in [5.41, 5.74) is 5.78. The van der Waals surface area contributed by atoms with Crippen LogP contribution in [-0.4, -0.2) is 44.8 Å². The van der Waals surface area contributed by atoms with Crippen molar-refractivity contribution in [1.29, 1.82) is 0 Å². The maximum atomic E-state index is 13.0. The number of benzene rings is 2. The number of amides is 1. The van der Waals surface area contributed by atoms with Gasteiger partial charge < -0.3 is 15.2 Å². The summed E-state index contributed by atoms with van der Waals surface area (Å²) in [5, 5.41) is 0. The van der Waals surface area contributed by atoms with E-state index in [4.69, 9.17) is 15.2 Å². The molecule has 29 heavy (non-hydrogen) atoms. The molecule has 3 rings (SSSR count). The molecule has 2 aromatic carbocycles. The minimum absolute atomic E-state index is 0.0225. The van der Waals surface area contributed by atoms with E-state index in [1.54, 1.807) is 30.3 Å². The predicted octanol–water partition coefficient (Wildman–Crippen LogP) is 1.86. The first-order valence-corrected chi connectivity index (χ1v) is 10.5. The lowest BCUT2D eigenvalue weighted by atomic mass is 10.1. The van der Waals surface area contributed by atoms with Gasteiger partial charge in [-0.2, -0.15) is 4.31 Å². The highest BCUT2D eigenvalue weighted by Gasteiger charge is 2.31. The number of rotatable bonds is 7. The second-order valence-corrected chi connectivity index (χ2v) is 8.48. The normalized spacial score (nSPS) is 15.6. The van der Waals surface area contributed by atoms with Crippen LogP contribution in [0, 0.1) is 0 Å². The summed E-state index contributed by atoms with van der Waals surface area (Å²) in [6.45, 7) is 0.829. The van der Waals surface area contributed by atoms with Crippen molar-refractivity contribution >= 4 is 21.9 Å². The molecular weight excluding hydrogens is 396 g/mol. The number of methoxy groups -OCH3 is 1. The summed E-state index contributed by atoms with van der Waals surface area (Å²) in [6, 6.07) is 12.3. The summed E-state index contributed by atoms with van der Waals surface area (Å²) >= 11 is 0. The number of esters is 1. The van der Waals surface area contributed by atoms with Gasteiger partial charge in [-0.15, -0.1) is 0 Å². The maximum Gasteiger partial charge on any atom is 0.339 e. The average molecular weight is 418 g/mol. The Hall–Kier alpha value is -2.91. The van der Waals surface area contributed by atoms with Crippen molar-refractivity contribution in [2.75, 3.05) is 20.2 Å². The number of primary amides is 1. The van der Waals surface area contributed by atoms with E-state index in [0.29, 0.717) is 18.7 Å². The molecule has 0 saturated carbocycles. The van der Waals surface area contributed by atoms with E-state index in [-0.39, 0.29) is 16.2 Å². The van der Waals surface area contributed by atoms with Crippen molar-refractivity contribution < 1.29 is 27.5 Å². The Kier molecular flexibility index (Phi) is 6.19. The van der Waals surface area contributed by atoms with Crippen LogP contribution in [0.4, 0.5) is 0 Å². The lowest BCUT2D eigenvalue weighted by Crippen LogP contribution is -2.29. The number of carbonyl (C=O) groups is 2. The quantitative estimate of drug-likeness (QED) is 0.686. The van der Waals surface area contributed by atoms with Crippen LogP contribution in [0.25, 0.3) is 0 Å². The molecule has 1 fully saturated rings. The molecule has 1 unspecified atom stereocenters. The van der Waals surface area contributed by atoms with Gasteiger partial charge in [-0.05, 0) is 31.0 Å². The zero-order chi connectivity index (χ0) is 21.0. The number of nitrogens with zero attached hydrogens (tertiary/aromatic N) is 1. The van der Waals surface area contributed by atoms with E-state index >= 15 is 0 Å². The number of nitrogens with two attached hydrogens (primary N) is 1. The van der Waals surface area contributed by atoms with Crippen molar-refractivity contribution in [2.24, 2.45) is 5.73 Å². The van der Waals surface area contributed by atoms with Gasteiger partial charge in [0.25, 0.3) is 5.91 Å². The van der Waals surface area contributed by atoms with E-state index in [1.807, 2.05) is 0 Å². The molecule has 8 nitrogen and oxygen atoms in total. The van der Waals surface area contributed by atoms with E-state index in [9.17, 15) is 18.0 Å². The molecule has 1 amide bonds. The summed E-state index contributed by atoms with van der Waals surface area (Å²) in [4.78, 5) is 24.3. The molecule has 0 aromatic heterocycles. The Bertz CT molecular complexity index is 1000. The molecule has 0 bridgehead atoms. The van der Waals surface area contributed by atoms with E-state index in [1.165, 1.54) is 29.6 Å².